The average molecular weight is 415 g/mol. The molecule has 0 aliphatic carbocycles. The van der Waals surface area contributed by atoms with E-state index in [2.05, 4.69) is 6.92 Å². The van der Waals surface area contributed by atoms with Gasteiger partial charge in [-0.15, -0.1) is 0 Å². The fourth-order valence-corrected chi connectivity index (χ4v) is 3.66. The van der Waals surface area contributed by atoms with E-state index in [9.17, 15) is 14.4 Å². The van der Waals surface area contributed by atoms with Gasteiger partial charge in [0.05, 0.1) is 21.3 Å². The zero-order valence-corrected chi connectivity index (χ0v) is 19.1. The van der Waals surface area contributed by atoms with Crippen LogP contribution in [0.15, 0.2) is 0 Å². The maximum atomic E-state index is 12.2. The molecule has 6 nitrogen and oxygen atoms in total. The third-order valence-corrected chi connectivity index (χ3v) is 5.51. The van der Waals surface area contributed by atoms with Gasteiger partial charge in [0.25, 0.3) is 5.41 Å². The fourth-order valence-electron chi connectivity index (χ4n) is 3.66. The summed E-state index contributed by atoms with van der Waals surface area (Å²) in [5.41, 5.74) is -2.02. The Hall–Kier alpha value is -1.59. The summed E-state index contributed by atoms with van der Waals surface area (Å²) in [5, 5.41) is 0. The summed E-state index contributed by atoms with van der Waals surface area (Å²) in [6.07, 6.45) is 16.8. The molecule has 0 aliphatic rings. The van der Waals surface area contributed by atoms with Crippen LogP contribution in [0.4, 0.5) is 0 Å². The van der Waals surface area contributed by atoms with Gasteiger partial charge in [0, 0.05) is 0 Å². The number of rotatable bonds is 18. The zero-order valence-electron chi connectivity index (χ0n) is 19.1. The van der Waals surface area contributed by atoms with E-state index < -0.39 is 23.3 Å². The number of methoxy groups -OCH3 is 3. The first-order valence-corrected chi connectivity index (χ1v) is 11.3. The first kappa shape index (κ1) is 27.4. The van der Waals surface area contributed by atoms with Crippen LogP contribution in [0.2, 0.25) is 0 Å². The summed E-state index contributed by atoms with van der Waals surface area (Å²) >= 11 is 0. The van der Waals surface area contributed by atoms with E-state index in [1.165, 1.54) is 64.2 Å². The molecule has 0 saturated carbocycles. The van der Waals surface area contributed by atoms with Crippen molar-refractivity contribution in [1.29, 1.82) is 0 Å². The minimum Gasteiger partial charge on any atom is -0.468 e. The first-order valence-electron chi connectivity index (χ1n) is 11.3. The van der Waals surface area contributed by atoms with Crippen LogP contribution >= 0.6 is 0 Å². The number of hydrogen-bond donors (Lipinski definition) is 0. The van der Waals surface area contributed by atoms with E-state index in [0.29, 0.717) is 6.42 Å². The zero-order chi connectivity index (χ0) is 22.0. The Balaban J connectivity index is 4.03. The van der Waals surface area contributed by atoms with Gasteiger partial charge in [-0.2, -0.15) is 0 Å². The van der Waals surface area contributed by atoms with Crippen molar-refractivity contribution in [2.24, 2.45) is 5.41 Å². The molecule has 0 rings (SSSR count). The standard InChI is InChI=1S/C23H42O6/c1-5-6-7-8-9-10-11-12-13-14-15-16-17-18-19-23(20(24)27-2,21(25)28-3)22(26)29-4/h5-19H2,1-4H3. The fraction of sp³-hybridized carbons (Fsp3) is 0.870. The third-order valence-electron chi connectivity index (χ3n) is 5.51. The van der Waals surface area contributed by atoms with Crippen LogP contribution in [-0.2, 0) is 28.6 Å². The molecule has 0 atom stereocenters. The smallest absolute Gasteiger partial charge is 0.334 e. The highest BCUT2D eigenvalue weighted by molar-refractivity contribution is 6.17. The molecule has 0 aromatic heterocycles. The van der Waals surface area contributed by atoms with Gasteiger partial charge in [-0.3, -0.25) is 14.4 Å². The molecule has 0 amide bonds. The van der Waals surface area contributed by atoms with Gasteiger partial charge in [0.1, 0.15) is 0 Å². The van der Waals surface area contributed by atoms with Gasteiger partial charge in [-0.25, -0.2) is 0 Å². The van der Waals surface area contributed by atoms with E-state index in [4.69, 9.17) is 14.2 Å². The van der Waals surface area contributed by atoms with E-state index in [1.54, 1.807) is 0 Å². The highest BCUT2D eigenvalue weighted by atomic mass is 16.6. The van der Waals surface area contributed by atoms with Crippen molar-refractivity contribution >= 4 is 17.9 Å². The Morgan fingerprint density at radius 1 is 0.517 bits per heavy atom. The van der Waals surface area contributed by atoms with Crippen molar-refractivity contribution in [3.05, 3.63) is 0 Å². The van der Waals surface area contributed by atoms with Gasteiger partial charge in [0.15, 0.2) is 0 Å². The van der Waals surface area contributed by atoms with Crippen LogP contribution in [0.25, 0.3) is 0 Å². The molecular formula is C23H42O6. The SMILES string of the molecule is CCCCCCCCCCCCCCCCC(C(=O)OC)(C(=O)OC)C(=O)OC. The van der Waals surface area contributed by atoms with Crippen molar-refractivity contribution in [1.82, 2.24) is 0 Å². The number of carbonyl (C=O) groups excluding carboxylic acids is 3. The molecule has 0 spiro atoms. The molecule has 29 heavy (non-hydrogen) atoms. The molecule has 0 fully saturated rings. The molecule has 0 N–H and O–H groups in total. The summed E-state index contributed by atoms with van der Waals surface area (Å²) < 4.78 is 14.1. The van der Waals surface area contributed by atoms with E-state index in [0.717, 1.165) is 40.6 Å². The van der Waals surface area contributed by atoms with Crippen LogP contribution in [0.1, 0.15) is 103 Å². The Labute approximate surface area is 177 Å². The Morgan fingerprint density at radius 3 is 1.07 bits per heavy atom. The second-order valence-electron chi connectivity index (χ2n) is 7.73. The second kappa shape index (κ2) is 17.3. The largest absolute Gasteiger partial charge is 0.468 e. The summed E-state index contributed by atoms with van der Waals surface area (Å²) in [4.78, 5) is 36.5. The van der Waals surface area contributed by atoms with Crippen LogP contribution in [-0.4, -0.2) is 39.2 Å². The molecular weight excluding hydrogens is 372 g/mol. The lowest BCUT2D eigenvalue weighted by molar-refractivity contribution is -0.181. The highest BCUT2D eigenvalue weighted by Crippen LogP contribution is 2.30. The first-order chi connectivity index (χ1) is 14.0. The summed E-state index contributed by atoms with van der Waals surface area (Å²) in [5.74, 6) is -2.78. The maximum absolute atomic E-state index is 12.2. The summed E-state index contributed by atoms with van der Waals surface area (Å²) in [7, 11) is 3.44. The van der Waals surface area contributed by atoms with Crippen molar-refractivity contribution in [2.75, 3.05) is 21.3 Å². The van der Waals surface area contributed by atoms with Crippen LogP contribution in [0.5, 0.6) is 0 Å². The Kier molecular flexibility index (Phi) is 16.3. The lowest BCUT2D eigenvalue weighted by atomic mass is 9.82. The monoisotopic (exact) mass is 414 g/mol. The molecule has 0 saturated heterocycles. The van der Waals surface area contributed by atoms with E-state index in [-0.39, 0.29) is 6.42 Å². The number of carbonyl (C=O) groups is 3. The number of unbranched alkanes of at least 4 members (excludes halogenated alkanes) is 13. The number of hydrogen-bond acceptors (Lipinski definition) is 6. The molecule has 6 heteroatoms. The molecule has 170 valence electrons. The maximum Gasteiger partial charge on any atom is 0.334 e. The minimum absolute atomic E-state index is 0.0387. The van der Waals surface area contributed by atoms with Gasteiger partial charge in [-0.05, 0) is 6.42 Å². The van der Waals surface area contributed by atoms with Crippen LogP contribution in [0.3, 0.4) is 0 Å². The molecule has 0 aromatic rings. The minimum atomic E-state index is -2.02. The highest BCUT2D eigenvalue weighted by Gasteiger charge is 2.56. The van der Waals surface area contributed by atoms with Gasteiger partial charge < -0.3 is 14.2 Å². The van der Waals surface area contributed by atoms with E-state index in [1.807, 2.05) is 0 Å². The average Bonchev–Trinajstić information content (AvgIpc) is 2.75. The van der Waals surface area contributed by atoms with Crippen LogP contribution < -0.4 is 0 Å². The third kappa shape index (κ3) is 10.1. The van der Waals surface area contributed by atoms with Gasteiger partial charge in [-0.1, -0.05) is 96.8 Å². The predicted molar refractivity (Wildman–Crippen MR) is 113 cm³/mol. The molecule has 0 aliphatic heterocycles. The number of ether oxygens (including phenoxy) is 3. The van der Waals surface area contributed by atoms with Crippen molar-refractivity contribution < 1.29 is 28.6 Å². The number of esters is 3. The van der Waals surface area contributed by atoms with Gasteiger partial charge in [0.2, 0.25) is 0 Å². The van der Waals surface area contributed by atoms with Crippen molar-refractivity contribution in [3.63, 3.8) is 0 Å². The van der Waals surface area contributed by atoms with Crippen molar-refractivity contribution in [3.8, 4) is 0 Å². The summed E-state index contributed by atoms with van der Waals surface area (Å²) in [6, 6.07) is 0. The lowest BCUT2D eigenvalue weighted by Crippen LogP contribution is -2.48. The molecule has 0 heterocycles. The van der Waals surface area contributed by atoms with Crippen LogP contribution in [0, 0.1) is 5.41 Å². The van der Waals surface area contributed by atoms with Gasteiger partial charge >= 0.3 is 17.9 Å². The lowest BCUT2D eigenvalue weighted by Gasteiger charge is -2.25. The Morgan fingerprint density at radius 2 is 0.793 bits per heavy atom. The molecule has 0 aromatic carbocycles. The summed E-state index contributed by atoms with van der Waals surface area (Å²) in [6.45, 7) is 2.24. The topological polar surface area (TPSA) is 78.9 Å². The predicted octanol–water partition coefficient (Wildman–Crippen LogP) is 5.36. The van der Waals surface area contributed by atoms with Crippen molar-refractivity contribution in [2.45, 2.75) is 103 Å². The second-order valence-corrected chi connectivity index (χ2v) is 7.73. The normalized spacial score (nSPS) is 11.2. The van der Waals surface area contributed by atoms with E-state index >= 15 is 0 Å². The quantitative estimate of drug-likeness (QED) is 0.130. The Bertz CT molecular complexity index is 419. The molecule has 0 unspecified atom stereocenters. The molecule has 0 bridgehead atoms. The molecule has 0 radical (unpaired) electrons.